The maximum atomic E-state index is 12.0. The maximum absolute atomic E-state index is 12.0. The van der Waals surface area contributed by atoms with Crippen molar-refractivity contribution in [2.75, 3.05) is 0 Å². The molecule has 0 atom stereocenters. The summed E-state index contributed by atoms with van der Waals surface area (Å²) in [5, 5.41) is 11.9. The highest BCUT2D eigenvalue weighted by molar-refractivity contribution is 9.10. The maximum Gasteiger partial charge on any atom is 0.306 e. The first-order valence-corrected chi connectivity index (χ1v) is 7.60. The summed E-state index contributed by atoms with van der Waals surface area (Å²) in [4.78, 5) is 22.8. The first-order chi connectivity index (χ1) is 9.54. The summed E-state index contributed by atoms with van der Waals surface area (Å²) in [6.07, 6.45) is 3.16. The Balaban J connectivity index is 1.80. The lowest BCUT2D eigenvalue weighted by molar-refractivity contribution is -0.142. The van der Waals surface area contributed by atoms with Gasteiger partial charge < -0.3 is 10.4 Å². The van der Waals surface area contributed by atoms with Crippen molar-refractivity contribution in [3.8, 4) is 0 Å². The molecule has 1 aliphatic rings. The van der Waals surface area contributed by atoms with E-state index in [0.29, 0.717) is 19.3 Å². The molecule has 0 aliphatic heterocycles. The number of amides is 1. The molecule has 1 aliphatic carbocycles. The Morgan fingerprint density at radius 2 is 1.95 bits per heavy atom. The van der Waals surface area contributed by atoms with Crippen molar-refractivity contribution in [3.05, 3.63) is 34.3 Å². The Labute approximate surface area is 126 Å². The minimum Gasteiger partial charge on any atom is -0.481 e. The van der Waals surface area contributed by atoms with Gasteiger partial charge in [-0.05, 0) is 43.4 Å². The van der Waals surface area contributed by atoms with Gasteiger partial charge in [-0.2, -0.15) is 0 Å². The molecule has 5 heteroatoms. The van der Waals surface area contributed by atoms with Crippen LogP contribution in [0.15, 0.2) is 28.7 Å². The summed E-state index contributed by atoms with van der Waals surface area (Å²) in [6, 6.07) is 7.80. The summed E-state index contributed by atoms with van der Waals surface area (Å²) in [7, 11) is 0. The Morgan fingerprint density at radius 1 is 1.25 bits per heavy atom. The SMILES string of the molecule is O=C(Cc1cccc(Br)c1)NC1CCC(C(=O)O)CC1. The first-order valence-electron chi connectivity index (χ1n) is 6.81. The van der Waals surface area contributed by atoms with Gasteiger partial charge >= 0.3 is 5.97 Å². The third-order valence-corrected chi connectivity index (χ3v) is 4.19. The van der Waals surface area contributed by atoms with E-state index in [0.717, 1.165) is 22.9 Å². The van der Waals surface area contributed by atoms with Crippen LogP contribution in [0.1, 0.15) is 31.2 Å². The Morgan fingerprint density at radius 3 is 2.55 bits per heavy atom. The number of carbonyl (C=O) groups is 2. The highest BCUT2D eigenvalue weighted by atomic mass is 79.9. The average Bonchev–Trinajstić information content (AvgIpc) is 2.39. The number of carbonyl (C=O) groups excluding carboxylic acids is 1. The molecule has 0 heterocycles. The van der Waals surface area contributed by atoms with E-state index in [-0.39, 0.29) is 17.9 Å². The number of carboxylic acid groups (broad SMARTS) is 1. The van der Waals surface area contributed by atoms with Crippen LogP contribution < -0.4 is 5.32 Å². The summed E-state index contributed by atoms with van der Waals surface area (Å²) >= 11 is 3.38. The molecule has 0 saturated heterocycles. The highest BCUT2D eigenvalue weighted by Crippen LogP contribution is 2.24. The number of benzene rings is 1. The summed E-state index contributed by atoms with van der Waals surface area (Å²) < 4.78 is 0.963. The van der Waals surface area contributed by atoms with Gasteiger partial charge in [-0.15, -0.1) is 0 Å². The summed E-state index contributed by atoms with van der Waals surface area (Å²) in [5.74, 6) is -0.959. The zero-order chi connectivity index (χ0) is 14.5. The fourth-order valence-electron chi connectivity index (χ4n) is 2.60. The molecule has 108 valence electrons. The zero-order valence-corrected chi connectivity index (χ0v) is 12.7. The van der Waals surface area contributed by atoms with Gasteiger partial charge in [0, 0.05) is 10.5 Å². The van der Waals surface area contributed by atoms with E-state index in [1.165, 1.54) is 0 Å². The summed E-state index contributed by atoms with van der Waals surface area (Å²) in [6.45, 7) is 0. The van der Waals surface area contributed by atoms with Crippen molar-refractivity contribution in [2.24, 2.45) is 5.92 Å². The minimum absolute atomic E-state index is 0.00174. The van der Waals surface area contributed by atoms with Crippen molar-refractivity contribution in [1.29, 1.82) is 0 Å². The largest absolute Gasteiger partial charge is 0.481 e. The van der Waals surface area contributed by atoms with Gasteiger partial charge in [0.25, 0.3) is 0 Å². The molecule has 20 heavy (non-hydrogen) atoms. The van der Waals surface area contributed by atoms with Crippen LogP contribution in [0.5, 0.6) is 0 Å². The monoisotopic (exact) mass is 339 g/mol. The molecular weight excluding hydrogens is 322 g/mol. The minimum atomic E-state index is -0.719. The smallest absolute Gasteiger partial charge is 0.306 e. The van der Waals surface area contributed by atoms with E-state index in [1.807, 2.05) is 24.3 Å². The molecule has 2 N–H and O–H groups in total. The molecule has 1 amide bonds. The normalized spacial score (nSPS) is 22.2. The molecule has 0 bridgehead atoms. The lowest BCUT2D eigenvalue weighted by Gasteiger charge is -2.26. The number of carboxylic acids is 1. The quantitative estimate of drug-likeness (QED) is 0.886. The fraction of sp³-hybridized carbons (Fsp3) is 0.467. The first kappa shape index (κ1) is 15.0. The van der Waals surface area contributed by atoms with Crippen LogP contribution >= 0.6 is 15.9 Å². The number of aliphatic carboxylic acids is 1. The van der Waals surface area contributed by atoms with Crippen LogP contribution in [-0.2, 0) is 16.0 Å². The van der Waals surface area contributed by atoms with Gasteiger partial charge in [0.05, 0.1) is 12.3 Å². The predicted octanol–water partition coefficient (Wildman–Crippen LogP) is 2.75. The van der Waals surface area contributed by atoms with Crippen molar-refractivity contribution in [3.63, 3.8) is 0 Å². The third-order valence-electron chi connectivity index (χ3n) is 3.70. The molecular formula is C15H18BrNO3. The van der Waals surface area contributed by atoms with Crippen molar-refractivity contribution >= 4 is 27.8 Å². The average molecular weight is 340 g/mol. The lowest BCUT2D eigenvalue weighted by atomic mass is 9.86. The molecule has 0 radical (unpaired) electrons. The van der Waals surface area contributed by atoms with Gasteiger partial charge in [-0.3, -0.25) is 9.59 Å². The molecule has 4 nitrogen and oxygen atoms in total. The van der Waals surface area contributed by atoms with E-state index in [1.54, 1.807) is 0 Å². The van der Waals surface area contributed by atoms with Crippen LogP contribution in [0, 0.1) is 5.92 Å². The van der Waals surface area contributed by atoms with E-state index in [2.05, 4.69) is 21.2 Å². The second kappa shape index (κ2) is 6.88. The summed E-state index contributed by atoms with van der Waals surface area (Å²) in [5.41, 5.74) is 0.969. The standard InChI is InChI=1S/C15H18BrNO3/c16-12-3-1-2-10(8-12)9-14(18)17-13-6-4-11(5-7-13)15(19)20/h1-3,8,11,13H,4-7,9H2,(H,17,18)(H,19,20). The van der Waals surface area contributed by atoms with E-state index < -0.39 is 5.97 Å². The van der Waals surface area contributed by atoms with Crippen LogP contribution in [0.3, 0.4) is 0 Å². The number of hydrogen-bond donors (Lipinski definition) is 2. The third kappa shape index (κ3) is 4.34. The molecule has 1 fully saturated rings. The molecule has 0 unspecified atom stereocenters. The van der Waals surface area contributed by atoms with Crippen molar-refractivity contribution < 1.29 is 14.7 Å². The predicted molar refractivity (Wildman–Crippen MR) is 79.4 cm³/mol. The number of rotatable bonds is 4. The van der Waals surface area contributed by atoms with Crippen LogP contribution in [0.2, 0.25) is 0 Å². The van der Waals surface area contributed by atoms with Crippen LogP contribution in [0.25, 0.3) is 0 Å². The van der Waals surface area contributed by atoms with E-state index >= 15 is 0 Å². The number of hydrogen-bond acceptors (Lipinski definition) is 2. The zero-order valence-electron chi connectivity index (χ0n) is 11.1. The van der Waals surface area contributed by atoms with Gasteiger partial charge in [0.15, 0.2) is 0 Å². The van der Waals surface area contributed by atoms with Crippen molar-refractivity contribution in [2.45, 2.75) is 38.1 Å². The number of halogens is 1. The molecule has 0 aromatic heterocycles. The molecule has 2 rings (SSSR count). The van der Waals surface area contributed by atoms with Crippen molar-refractivity contribution in [1.82, 2.24) is 5.32 Å². The Kier molecular flexibility index (Phi) is 5.17. The highest BCUT2D eigenvalue weighted by Gasteiger charge is 2.26. The second-order valence-corrected chi connectivity index (χ2v) is 6.18. The van der Waals surface area contributed by atoms with Gasteiger partial charge in [0.1, 0.15) is 0 Å². The second-order valence-electron chi connectivity index (χ2n) is 5.26. The number of nitrogens with one attached hydrogen (secondary N) is 1. The van der Waals surface area contributed by atoms with E-state index in [9.17, 15) is 9.59 Å². The van der Waals surface area contributed by atoms with Crippen LogP contribution in [-0.4, -0.2) is 23.0 Å². The van der Waals surface area contributed by atoms with Gasteiger partial charge in [-0.1, -0.05) is 28.1 Å². The molecule has 1 aromatic carbocycles. The molecule has 1 saturated carbocycles. The Hall–Kier alpha value is -1.36. The van der Waals surface area contributed by atoms with E-state index in [4.69, 9.17) is 5.11 Å². The van der Waals surface area contributed by atoms with Gasteiger partial charge in [0.2, 0.25) is 5.91 Å². The van der Waals surface area contributed by atoms with Crippen LogP contribution in [0.4, 0.5) is 0 Å². The van der Waals surface area contributed by atoms with Gasteiger partial charge in [-0.25, -0.2) is 0 Å². The molecule has 0 spiro atoms. The fourth-order valence-corrected chi connectivity index (χ4v) is 3.04. The molecule has 1 aromatic rings. The lowest BCUT2D eigenvalue weighted by Crippen LogP contribution is -2.39. The topological polar surface area (TPSA) is 66.4 Å². The Bertz CT molecular complexity index is 496.